The van der Waals surface area contributed by atoms with E-state index in [0.29, 0.717) is 6.42 Å². The van der Waals surface area contributed by atoms with E-state index in [0.717, 1.165) is 35.1 Å². The Morgan fingerprint density at radius 1 is 1.41 bits per heavy atom. The number of rotatable bonds is 1. The lowest BCUT2D eigenvalue weighted by Crippen LogP contribution is -1.95. The quantitative estimate of drug-likeness (QED) is 0.754. The Morgan fingerprint density at radius 3 is 2.53 bits per heavy atom. The maximum Gasteiger partial charge on any atom is 0.300 e. The van der Waals surface area contributed by atoms with Gasteiger partial charge in [0.05, 0.1) is 7.11 Å². The summed E-state index contributed by atoms with van der Waals surface area (Å²) in [4.78, 5) is 21.2. The second kappa shape index (κ2) is 5.72. The molecule has 1 aromatic rings. The maximum absolute atomic E-state index is 11.5. The molecular weight excluding hydrogens is 240 g/mol. The standard InChI is InChI=1S/C10H10O2S.C2H4O2/c1-12-8-4-5-9(13)10-6(8)2-3-7(10)11;1-2(3)4/h4-5,13H,2-3H2,1H3;1H3,(H,3,4). The van der Waals surface area contributed by atoms with Crippen molar-refractivity contribution in [1.82, 2.24) is 0 Å². The summed E-state index contributed by atoms with van der Waals surface area (Å²) in [6, 6.07) is 3.67. The van der Waals surface area contributed by atoms with E-state index in [2.05, 4.69) is 12.6 Å². The van der Waals surface area contributed by atoms with Gasteiger partial charge in [0.2, 0.25) is 0 Å². The van der Waals surface area contributed by atoms with Crippen LogP contribution in [0.3, 0.4) is 0 Å². The number of ether oxygens (including phenoxy) is 1. The Balaban J connectivity index is 0.000000317. The second-order valence-corrected chi connectivity index (χ2v) is 4.06. The van der Waals surface area contributed by atoms with Crippen LogP contribution in [-0.4, -0.2) is 24.0 Å². The molecule has 1 aliphatic carbocycles. The lowest BCUT2D eigenvalue weighted by molar-refractivity contribution is -0.134. The van der Waals surface area contributed by atoms with Gasteiger partial charge in [0, 0.05) is 29.4 Å². The van der Waals surface area contributed by atoms with Crippen molar-refractivity contribution in [2.75, 3.05) is 7.11 Å². The fourth-order valence-electron chi connectivity index (χ4n) is 1.73. The molecule has 0 fully saturated rings. The van der Waals surface area contributed by atoms with E-state index in [1.54, 1.807) is 7.11 Å². The number of benzene rings is 1. The molecule has 0 heterocycles. The minimum Gasteiger partial charge on any atom is -0.496 e. The average Bonchev–Trinajstić information content (AvgIpc) is 2.62. The topological polar surface area (TPSA) is 63.6 Å². The lowest BCUT2D eigenvalue weighted by Gasteiger charge is -2.07. The fourth-order valence-corrected chi connectivity index (χ4v) is 2.06. The van der Waals surface area contributed by atoms with Crippen LogP contribution >= 0.6 is 12.6 Å². The zero-order valence-electron chi connectivity index (χ0n) is 9.69. The van der Waals surface area contributed by atoms with E-state index in [1.807, 2.05) is 12.1 Å². The van der Waals surface area contributed by atoms with Crippen LogP contribution in [0, 0.1) is 0 Å². The van der Waals surface area contributed by atoms with Crippen LogP contribution in [0.4, 0.5) is 0 Å². The largest absolute Gasteiger partial charge is 0.496 e. The van der Waals surface area contributed by atoms with Crippen LogP contribution in [0.5, 0.6) is 5.75 Å². The number of Topliss-reactive ketones (excluding diaryl/α,β-unsaturated/α-hetero) is 1. The Kier molecular flexibility index (Phi) is 4.57. The molecule has 0 unspecified atom stereocenters. The lowest BCUT2D eigenvalue weighted by atomic mass is 10.1. The van der Waals surface area contributed by atoms with Gasteiger partial charge in [-0.3, -0.25) is 9.59 Å². The number of methoxy groups -OCH3 is 1. The smallest absolute Gasteiger partial charge is 0.300 e. The highest BCUT2D eigenvalue weighted by molar-refractivity contribution is 7.80. The summed E-state index contributed by atoms with van der Waals surface area (Å²) in [7, 11) is 1.62. The summed E-state index contributed by atoms with van der Waals surface area (Å²) in [5.74, 6) is 0.151. The second-order valence-electron chi connectivity index (χ2n) is 3.58. The van der Waals surface area contributed by atoms with E-state index in [1.165, 1.54) is 0 Å². The number of aliphatic carboxylic acids is 1. The fraction of sp³-hybridized carbons (Fsp3) is 0.333. The number of carbonyl (C=O) groups excluding carboxylic acids is 1. The van der Waals surface area contributed by atoms with Crippen LogP contribution in [0.25, 0.3) is 0 Å². The first kappa shape index (κ1) is 13.6. The van der Waals surface area contributed by atoms with Crippen molar-refractivity contribution in [3.05, 3.63) is 23.3 Å². The molecule has 0 aliphatic heterocycles. The summed E-state index contributed by atoms with van der Waals surface area (Å²) >= 11 is 4.26. The summed E-state index contributed by atoms with van der Waals surface area (Å²) in [5, 5.41) is 7.42. The van der Waals surface area contributed by atoms with Crippen LogP contribution in [-0.2, 0) is 11.2 Å². The van der Waals surface area contributed by atoms with Crippen molar-refractivity contribution in [2.24, 2.45) is 0 Å². The first-order chi connectivity index (χ1) is 7.97. The molecule has 1 aromatic carbocycles. The summed E-state index contributed by atoms with van der Waals surface area (Å²) < 4.78 is 5.17. The van der Waals surface area contributed by atoms with Gasteiger partial charge < -0.3 is 9.84 Å². The van der Waals surface area contributed by atoms with Gasteiger partial charge in [-0.25, -0.2) is 0 Å². The number of carboxylic acids is 1. The van der Waals surface area contributed by atoms with Crippen molar-refractivity contribution >= 4 is 24.4 Å². The number of carbonyl (C=O) groups is 2. The van der Waals surface area contributed by atoms with E-state index >= 15 is 0 Å². The number of hydrogen-bond donors (Lipinski definition) is 2. The van der Waals surface area contributed by atoms with E-state index in [-0.39, 0.29) is 5.78 Å². The first-order valence-corrected chi connectivity index (χ1v) is 5.53. The predicted molar refractivity (Wildman–Crippen MR) is 66.2 cm³/mol. The molecule has 0 saturated carbocycles. The Morgan fingerprint density at radius 2 is 2.00 bits per heavy atom. The maximum atomic E-state index is 11.5. The van der Waals surface area contributed by atoms with Crippen LogP contribution in [0.15, 0.2) is 17.0 Å². The number of carboxylic acid groups (broad SMARTS) is 1. The van der Waals surface area contributed by atoms with Gasteiger partial charge in [-0.2, -0.15) is 0 Å². The molecule has 17 heavy (non-hydrogen) atoms. The highest BCUT2D eigenvalue weighted by atomic mass is 32.1. The molecule has 0 spiro atoms. The minimum absolute atomic E-state index is 0.180. The van der Waals surface area contributed by atoms with Crippen molar-refractivity contribution in [3.63, 3.8) is 0 Å². The molecule has 0 aromatic heterocycles. The van der Waals surface area contributed by atoms with Gasteiger partial charge in [-0.05, 0) is 18.6 Å². The first-order valence-electron chi connectivity index (χ1n) is 5.09. The minimum atomic E-state index is -0.833. The third-order valence-corrected chi connectivity index (χ3v) is 2.72. The Labute approximate surface area is 105 Å². The summed E-state index contributed by atoms with van der Waals surface area (Å²) in [5.41, 5.74) is 1.77. The van der Waals surface area contributed by atoms with Gasteiger partial charge in [0.25, 0.3) is 5.97 Å². The molecule has 0 radical (unpaired) electrons. The monoisotopic (exact) mass is 254 g/mol. The normalized spacial score (nSPS) is 12.5. The van der Waals surface area contributed by atoms with Crippen molar-refractivity contribution < 1.29 is 19.4 Å². The molecule has 0 saturated heterocycles. The molecule has 2 rings (SSSR count). The van der Waals surface area contributed by atoms with Crippen molar-refractivity contribution in [1.29, 1.82) is 0 Å². The molecule has 0 bridgehead atoms. The third kappa shape index (κ3) is 3.23. The third-order valence-electron chi connectivity index (χ3n) is 2.35. The Bertz CT molecular complexity index is 450. The molecule has 0 atom stereocenters. The van der Waals surface area contributed by atoms with Gasteiger partial charge >= 0.3 is 0 Å². The molecule has 5 heteroatoms. The summed E-state index contributed by atoms with van der Waals surface area (Å²) in [6.07, 6.45) is 1.37. The van der Waals surface area contributed by atoms with Crippen LogP contribution in [0.2, 0.25) is 0 Å². The molecule has 0 amide bonds. The molecule has 1 aliphatic rings. The molecule has 4 nitrogen and oxygen atoms in total. The van der Waals surface area contributed by atoms with Crippen LogP contribution < -0.4 is 4.74 Å². The summed E-state index contributed by atoms with van der Waals surface area (Å²) in [6.45, 7) is 1.08. The number of thiol groups is 1. The molecule has 92 valence electrons. The number of ketones is 1. The van der Waals surface area contributed by atoms with Crippen molar-refractivity contribution in [3.8, 4) is 5.75 Å². The van der Waals surface area contributed by atoms with Crippen molar-refractivity contribution in [2.45, 2.75) is 24.7 Å². The predicted octanol–water partition coefficient (Wildman–Crippen LogP) is 2.20. The van der Waals surface area contributed by atoms with Gasteiger partial charge in [0.15, 0.2) is 5.78 Å². The average molecular weight is 254 g/mol. The SMILES string of the molecule is CC(=O)O.COc1ccc(S)c2c1CCC2=O. The van der Waals surface area contributed by atoms with Gasteiger partial charge in [-0.15, -0.1) is 12.6 Å². The number of hydrogen-bond acceptors (Lipinski definition) is 4. The van der Waals surface area contributed by atoms with E-state index in [9.17, 15) is 4.79 Å². The Hall–Kier alpha value is -1.49. The number of fused-ring (bicyclic) bond motifs is 1. The van der Waals surface area contributed by atoms with E-state index in [4.69, 9.17) is 14.6 Å². The van der Waals surface area contributed by atoms with Gasteiger partial charge in [-0.1, -0.05) is 0 Å². The molecular formula is C12H14O4S. The molecule has 1 N–H and O–H groups in total. The zero-order chi connectivity index (χ0) is 13.0. The highest BCUT2D eigenvalue weighted by Crippen LogP contribution is 2.34. The van der Waals surface area contributed by atoms with E-state index < -0.39 is 5.97 Å². The van der Waals surface area contributed by atoms with Gasteiger partial charge in [0.1, 0.15) is 5.75 Å². The van der Waals surface area contributed by atoms with Crippen LogP contribution in [0.1, 0.15) is 29.3 Å². The zero-order valence-corrected chi connectivity index (χ0v) is 10.6. The highest BCUT2D eigenvalue weighted by Gasteiger charge is 2.24.